The molecule has 0 saturated heterocycles. The molecule has 0 saturated carbocycles. The number of esters is 1. The number of fused-ring (bicyclic) bond motifs is 1. The number of carbonyl (C=O) groups excluding carboxylic acids is 2. The fourth-order valence-electron chi connectivity index (χ4n) is 2.39. The van der Waals surface area contributed by atoms with Crippen LogP contribution in [-0.2, 0) is 9.53 Å². The van der Waals surface area contributed by atoms with Gasteiger partial charge in [0.15, 0.2) is 17.9 Å². The van der Waals surface area contributed by atoms with Crippen molar-refractivity contribution in [1.82, 2.24) is 0 Å². The van der Waals surface area contributed by atoms with Gasteiger partial charge in [-0.1, -0.05) is 18.2 Å². The number of methoxy groups -OCH3 is 1. The number of hydrogen-bond donors (Lipinski definition) is 1. The molecular weight excluding hydrogens is 465 g/mol. The van der Waals surface area contributed by atoms with Gasteiger partial charge >= 0.3 is 11.6 Å². The van der Waals surface area contributed by atoms with Crippen molar-refractivity contribution in [1.29, 1.82) is 0 Å². The molecule has 1 heterocycles. The molecule has 138 valence electrons. The van der Waals surface area contributed by atoms with Crippen molar-refractivity contribution < 1.29 is 23.5 Å². The van der Waals surface area contributed by atoms with Crippen LogP contribution in [0.2, 0.25) is 0 Å². The molecule has 7 nitrogen and oxygen atoms in total. The van der Waals surface area contributed by atoms with E-state index in [1.54, 1.807) is 36.4 Å². The molecule has 0 fully saturated rings. The molecule has 0 unspecified atom stereocenters. The van der Waals surface area contributed by atoms with Gasteiger partial charge in [0.05, 0.1) is 7.11 Å². The van der Waals surface area contributed by atoms with Gasteiger partial charge in [-0.25, -0.2) is 9.59 Å². The van der Waals surface area contributed by atoms with Gasteiger partial charge < -0.3 is 19.2 Å². The van der Waals surface area contributed by atoms with Crippen molar-refractivity contribution in [3.8, 4) is 5.75 Å². The molecule has 0 aliphatic rings. The van der Waals surface area contributed by atoms with Crippen LogP contribution in [0.5, 0.6) is 5.75 Å². The minimum absolute atomic E-state index is 0.234. The SMILES string of the molecule is COc1cccc2cc(C(=O)OCC(=O)Nc3cccc(I)c3)c(=O)oc12. The zero-order valence-corrected chi connectivity index (χ0v) is 16.3. The second-order valence-corrected chi connectivity index (χ2v) is 6.71. The van der Waals surface area contributed by atoms with Gasteiger partial charge in [0.2, 0.25) is 0 Å². The first-order valence-electron chi connectivity index (χ1n) is 7.81. The third kappa shape index (κ3) is 4.45. The van der Waals surface area contributed by atoms with E-state index < -0.39 is 24.1 Å². The van der Waals surface area contributed by atoms with Crippen LogP contribution in [0.4, 0.5) is 5.69 Å². The van der Waals surface area contributed by atoms with E-state index in [9.17, 15) is 14.4 Å². The van der Waals surface area contributed by atoms with Crippen LogP contribution in [0.1, 0.15) is 10.4 Å². The predicted molar refractivity (Wildman–Crippen MR) is 107 cm³/mol. The minimum Gasteiger partial charge on any atom is -0.493 e. The first-order chi connectivity index (χ1) is 13.0. The highest BCUT2D eigenvalue weighted by Crippen LogP contribution is 2.24. The number of benzene rings is 2. The smallest absolute Gasteiger partial charge is 0.351 e. The second kappa shape index (κ2) is 8.21. The van der Waals surface area contributed by atoms with Gasteiger partial charge in [-0.15, -0.1) is 0 Å². The van der Waals surface area contributed by atoms with E-state index in [0.29, 0.717) is 16.8 Å². The molecule has 3 aromatic rings. The number of ether oxygens (including phenoxy) is 2. The first kappa shape index (κ1) is 18.9. The molecule has 1 amide bonds. The van der Waals surface area contributed by atoms with Crippen LogP contribution in [0.15, 0.2) is 57.7 Å². The summed E-state index contributed by atoms with van der Waals surface area (Å²) in [5, 5.41) is 3.11. The fraction of sp³-hybridized carbons (Fsp3) is 0.105. The van der Waals surface area contributed by atoms with Crippen LogP contribution >= 0.6 is 22.6 Å². The highest BCUT2D eigenvalue weighted by Gasteiger charge is 2.18. The third-order valence-corrected chi connectivity index (χ3v) is 4.28. The molecule has 0 aliphatic heterocycles. The van der Waals surface area contributed by atoms with Crippen LogP contribution in [0, 0.1) is 3.57 Å². The molecule has 27 heavy (non-hydrogen) atoms. The van der Waals surface area contributed by atoms with Gasteiger partial charge in [-0.05, 0) is 52.9 Å². The summed E-state index contributed by atoms with van der Waals surface area (Å²) >= 11 is 2.12. The molecule has 3 rings (SSSR count). The topological polar surface area (TPSA) is 94.8 Å². The zero-order chi connectivity index (χ0) is 19.4. The van der Waals surface area contributed by atoms with E-state index in [4.69, 9.17) is 13.9 Å². The lowest BCUT2D eigenvalue weighted by atomic mass is 10.2. The predicted octanol–water partition coefficient (Wildman–Crippen LogP) is 3.20. The molecule has 0 atom stereocenters. The number of rotatable bonds is 5. The summed E-state index contributed by atoms with van der Waals surface area (Å²) in [6.07, 6.45) is 0. The van der Waals surface area contributed by atoms with Crippen molar-refractivity contribution in [3.63, 3.8) is 0 Å². The Morgan fingerprint density at radius 3 is 2.67 bits per heavy atom. The molecule has 0 radical (unpaired) electrons. The molecule has 2 aromatic carbocycles. The van der Waals surface area contributed by atoms with Crippen LogP contribution in [0.3, 0.4) is 0 Å². The Hall–Kier alpha value is -2.88. The van der Waals surface area contributed by atoms with Gasteiger partial charge in [0.25, 0.3) is 5.91 Å². The Balaban J connectivity index is 1.71. The Morgan fingerprint density at radius 2 is 1.93 bits per heavy atom. The van der Waals surface area contributed by atoms with E-state index in [-0.39, 0.29) is 11.1 Å². The molecule has 1 N–H and O–H groups in total. The van der Waals surface area contributed by atoms with Crippen LogP contribution < -0.4 is 15.7 Å². The van der Waals surface area contributed by atoms with E-state index in [1.807, 2.05) is 6.07 Å². The normalized spacial score (nSPS) is 10.4. The number of hydrogen-bond acceptors (Lipinski definition) is 6. The average Bonchev–Trinajstić information content (AvgIpc) is 2.65. The highest BCUT2D eigenvalue weighted by molar-refractivity contribution is 14.1. The number of nitrogens with one attached hydrogen (secondary N) is 1. The van der Waals surface area contributed by atoms with E-state index in [1.165, 1.54) is 13.2 Å². The largest absolute Gasteiger partial charge is 0.493 e. The molecule has 1 aromatic heterocycles. The maximum Gasteiger partial charge on any atom is 0.351 e. The standard InChI is InChI=1S/C19H14INO6/c1-25-15-7-2-4-11-8-14(19(24)27-17(11)15)18(23)26-10-16(22)21-13-6-3-5-12(20)9-13/h2-9H,10H2,1H3,(H,21,22). The molecule has 8 heteroatoms. The molecule has 0 spiro atoms. The van der Waals surface area contributed by atoms with Crippen molar-refractivity contribution in [3.05, 3.63) is 68.1 Å². The van der Waals surface area contributed by atoms with E-state index in [2.05, 4.69) is 27.9 Å². The number of carbonyl (C=O) groups is 2. The third-order valence-electron chi connectivity index (χ3n) is 3.61. The fourth-order valence-corrected chi connectivity index (χ4v) is 2.94. The lowest BCUT2D eigenvalue weighted by Gasteiger charge is -2.07. The minimum atomic E-state index is -0.939. The monoisotopic (exact) mass is 479 g/mol. The van der Waals surface area contributed by atoms with Crippen molar-refractivity contribution in [2.24, 2.45) is 0 Å². The molecule has 0 bridgehead atoms. The van der Waals surface area contributed by atoms with Gasteiger partial charge in [-0.2, -0.15) is 0 Å². The lowest BCUT2D eigenvalue weighted by Crippen LogP contribution is -2.23. The van der Waals surface area contributed by atoms with Crippen LogP contribution in [-0.4, -0.2) is 25.6 Å². The highest BCUT2D eigenvalue weighted by atomic mass is 127. The molecule has 0 aliphatic carbocycles. The summed E-state index contributed by atoms with van der Waals surface area (Å²) in [4.78, 5) is 36.2. The average molecular weight is 479 g/mol. The van der Waals surface area contributed by atoms with E-state index in [0.717, 1.165) is 3.57 Å². The number of para-hydroxylation sites is 1. The first-order valence-corrected chi connectivity index (χ1v) is 8.89. The Morgan fingerprint density at radius 1 is 1.15 bits per heavy atom. The number of halogens is 1. The van der Waals surface area contributed by atoms with Crippen molar-refractivity contribution in [2.75, 3.05) is 19.0 Å². The number of anilines is 1. The van der Waals surface area contributed by atoms with E-state index >= 15 is 0 Å². The number of amides is 1. The van der Waals surface area contributed by atoms with Gasteiger partial charge in [0.1, 0.15) is 5.56 Å². The van der Waals surface area contributed by atoms with Gasteiger partial charge in [0, 0.05) is 14.6 Å². The maximum absolute atomic E-state index is 12.2. The Kier molecular flexibility index (Phi) is 5.75. The summed E-state index contributed by atoms with van der Waals surface area (Å²) in [6.45, 7) is -0.528. The summed E-state index contributed by atoms with van der Waals surface area (Å²) in [6, 6.07) is 13.5. The Bertz CT molecular complexity index is 1080. The second-order valence-electron chi connectivity index (χ2n) is 5.46. The summed E-state index contributed by atoms with van der Waals surface area (Å²) in [5.74, 6) is -1.08. The Labute approximate surface area is 167 Å². The molecular formula is C19H14INO6. The van der Waals surface area contributed by atoms with Crippen LogP contribution in [0.25, 0.3) is 11.0 Å². The quantitative estimate of drug-likeness (QED) is 0.343. The lowest BCUT2D eigenvalue weighted by molar-refractivity contribution is -0.119. The zero-order valence-electron chi connectivity index (χ0n) is 14.2. The van der Waals surface area contributed by atoms with Gasteiger partial charge in [-0.3, -0.25) is 4.79 Å². The van der Waals surface area contributed by atoms with Crippen molar-refractivity contribution >= 4 is 51.1 Å². The summed E-state index contributed by atoms with van der Waals surface area (Å²) < 4.78 is 16.2. The maximum atomic E-state index is 12.2. The summed E-state index contributed by atoms with van der Waals surface area (Å²) in [7, 11) is 1.45. The summed E-state index contributed by atoms with van der Waals surface area (Å²) in [5.41, 5.74) is -0.342. The van der Waals surface area contributed by atoms with Crippen molar-refractivity contribution in [2.45, 2.75) is 0 Å².